The largest absolute Gasteiger partial charge is 0.472 e. The molecule has 0 bridgehead atoms. The van der Waals surface area contributed by atoms with E-state index in [1.807, 2.05) is 0 Å². The van der Waals surface area contributed by atoms with Gasteiger partial charge in [-0.3, -0.25) is 37.3 Å². The molecule has 0 aliphatic heterocycles. The summed E-state index contributed by atoms with van der Waals surface area (Å²) in [4.78, 5) is 72.6. The third kappa shape index (κ3) is 66.2. The van der Waals surface area contributed by atoms with Crippen LogP contribution in [0.4, 0.5) is 0 Å². The monoisotopic (exact) mass is 1350 g/mol. The van der Waals surface area contributed by atoms with Crippen molar-refractivity contribution in [2.45, 2.75) is 374 Å². The number of allylic oxidation sites excluding steroid dienone is 4. The maximum absolute atomic E-state index is 13.0. The molecule has 0 aromatic heterocycles. The van der Waals surface area contributed by atoms with Gasteiger partial charge in [-0.1, -0.05) is 303 Å². The summed E-state index contributed by atoms with van der Waals surface area (Å²) in [7, 11) is -9.91. The van der Waals surface area contributed by atoms with Crippen LogP contribution in [-0.2, 0) is 65.4 Å². The van der Waals surface area contributed by atoms with Crippen LogP contribution in [0.15, 0.2) is 24.3 Å². The van der Waals surface area contributed by atoms with Gasteiger partial charge in [0.2, 0.25) is 0 Å². The van der Waals surface area contributed by atoms with Gasteiger partial charge in [-0.05, 0) is 57.3 Å². The van der Waals surface area contributed by atoms with Crippen molar-refractivity contribution < 1.29 is 80.2 Å². The van der Waals surface area contributed by atoms with Crippen molar-refractivity contribution in [3.05, 3.63) is 24.3 Å². The highest BCUT2D eigenvalue weighted by Crippen LogP contribution is 2.45. The minimum absolute atomic E-state index is 0.0856. The molecule has 0 radical (unpaired) electrons. The number of aliphatic hydroxyl groups excluding tert-OH is 1. The minimum atomic E-state index is -4.96. The second-order valence-electron chi connectivity index (χ2n) is 26.1. The summed E-state index contributed by atoms with van der Waals surface area (Å²) in [5.74, 6) is -1.39. The third-order valence-corrected chi connectivity index (χ3v) is 18.3. The maximum Gasteiger partial charge on any atom is 0.472 e. The first-order valence-corrected chi connectivity index (χ1v) is 40.4. The fourth-order valence-corrected chi connectivity index (χ4v) is 12.2. The Morgan fingerprint density at radius 3 is 0.891 bits per heavy atom. The molecular formula is C73H138O17P2. The second-order valence-corrected chi connectivity index (χ2v) is 29.0. The Balaban J connectivity index is 5.26. The van der Waals surface area contributed by atoms with Crippen molar-refractivity contribution in [2.24, 2.45) is 5.92 Å². The molecule has 92 heavy (non-hydrogen) atoms. The van der Waals surface area contributed by atoms with Crippen LogP contribution >= 0.6 is 15.6 Å². The molecule has 3 N–H and O–H groups in total. The molecular weight excluding hydrogens is 1210 g/mol. The molecule has 2 unspecified atom stereocenters. The zero-order valence-electron chi connectivity index (χ0n) is 59.2. The molecule has 19 heteroatoms. The van der Waals surface area contributed by atoms with Gasteiger partial charge in [0.1, 0.15) is 19.3 Å². The molecule has 0 aliphatic carbocycles. The zero-order chi connectivity index (χ0) is 67.7. The van der Waals surface area contributed by atoms with Crippen molar-refractivity contribution in [2.75, 3.05) is 39.6 Å². The van der Waals surface area contributed by atoms with Gasteiger partial charge in [-0.2, -0.15) is 0 Å². The van der Waals surface area contributed by atoms with Gasteiger partial charge in [0, 0.05) is 25.7 Å². The van der Waals surface area contributed by atoms with Gasteiger partial charge in [0.25, 0.3) is 0 Å². The Bertz CT molecular complexity index is 1860. The summed E-state index contributed by atoms with van der Waals surface area (Å²) in [5.41, 5.74) is 0. The van der Waals surface area contributed by atoms with Crippen molar-refractivity contribution in [3.8, 4) is 0 Å². The van der Waals surface area contributed by atoms with Crippen LogP contribution in [-0.4, -0.2) is 96.7 Å². The number of unbranched alkanes of at least 4 members (excludes halogenated alkanes) is 40. The number of esters is 4. The SMILES string of the molecule is CCCCCC/C=C\C=C/CCCCCCCC(=O)O[C@H](COC(=O)CCCCCCCCCCCCCCCCC)COP(=O)(O)OC[C@@H](O)COP(=O)(O)OC[C@@H](COC(=O)CCCCCCCCCC)OC(=O)CCCCCCCCCCCCCC(C)C. The van der Waals surface area contributed by atoms with E-state index < -0.39 is 97.5 Å². The van der Waals surface area contributed by atoms with Crippen molar-refractivity contribution in [1.82, 2.24) is 0 Å². The molecule has 0 heterocycles. The fraction of sp³-hybridized carbons (Fsp3) is 0.890. The molecule has 0 aromatic rings. The standard InChI is InChI=1S/C73H138O17P2/c1-6-9-12-15-18-21-23-25-27-29-33-37-42-47-52-57-71(76)84-63-69(90-72(77)58-53-48-43-38-34-30-28-26-24-22-19-16-13-10-7-2)65-88-92(81,82)86-61-67(74)60-85-91(79,80)87-64-68(62-83-70(75)56-51-46-41-20-17-14-11-8-3)89-73(78)59-54-49-44-39-35-31-32-36-40-45-50-55-66(4)5/h22,24,26,28,66-69,74H,6-21,23,25,27,29-65H2,1-5H3,(H,79,80)(H,81,82)/b24-22-,28-26-/t67-,68+,69+/m0/s1. The summed E-state index contributed by atoms with van der Waals surface area (Å²) in [6.07, 6.45) is 56.3. The van der Waals surface area contributed by atoms with Gasteiger partial charge in [0.15, 0.2) is 12.2 Å². The number of rotatable bonds is 71. The number of hydrogen-bond donors (Lipinski definition) is 3. The van der Waals surface area contributed by atoms with Crippen LogP contribution in [0.1, 0.15) is 356 Å². The second kappa shape index (κ2) is 65.8. The number of carbonyl (C=O) groups is 4. The fourth-order valence-electron chi connectivity index (χ4n) is 10.6. The van der Waals surface area contributed by atoms with Gasteiger partial charge >= 0.3 is 39.5 Å². The summed E-state index contributed by atoms with van der Waals surface area (Å²) in [6.45, 7) is 7.18. The van der Waals surface area contributed by atoms with Gasteiger partial charge < -0.3 is 33.8 Å². The van der Waals surface area contributed by atoms with Crippen molar-refractivity contribution in [3.63, 3.8) is 0 Å². The minimum Gasteiger partial charge on any atom is -0.462 e. The lowest BCUT2D eigenvalue weighted by atomic mass is 10.0. The highest BCUT2D eigenvalue weighted by atomic mass is 31.2. The first-order chi connectivity index (χ1) is 44.5. The number of aliphatic hydroxyl groups is 1. The topological polar surface area (TPSA) is 237 Å². The normalized spacial score (nSPS) is 14.2. The van der Waals surface area contributed by atoms with E-state index in [1.54, 1.807) is 0 Å². The molecule has 5 atom stereocenters. The predicted molar refractivity (Wildman–Crippen MR) is 372 cm³/mol. The molecule has 0 spiro atoms. The summed E-state index contributed by atoms with van der Waals surface area (Å²) < 4.78 is 68.3. The number of carbonyl (C=O) groups excluding carboxylic acids is 4. The maximum atomic E-state index is 13.0. The Kier molecular flexibility index (Phi) is 64.0. The van der Waals surface area contributed by atoms with Crippen LogP contribution in [0.25, 0.3) is 0 Å². The number of phosphoric acid groups is 2. The first kappa shape index (κ1) is 89.5. The molecule has 0 fully saturated rings. The summed E-state index contributed by atoms with van der Waals surface area (Å²) in [6, 6.07) is 0. The predicted octanol–water partition coefficient (Wildman–Crippen LogP) is 20.9. The van der Waals surface area contributed by atoms with Crippen LogP contribution < -0.4 is 0 Å². The van der Waals surface area contributed by atoms with Gasteiger partial charge in [-0.15, -0.1) is 0 Å². The van der Waals surface area contributed by atoms with Crippen LogP contribution in [0.5, 0.6) is 0 Å². The van der Waals surface area contributed by atoms with E-state index in [1.165, 1.54) is 161 Å². The smallest absolute Gasteiger partial charge is 0.462 e. The molecule has 0 rings (SSSR count). The van der Waals surface area contributed by atoms with E-state index in [2.05, 4.69) is 58.9 Å². The van der Waals surface area contributed by atoms with E-state index in [0.717, 1.165) is 115 Å². The Labute approximate surface area is 561 Å². The summed E-state index contributed by atoms with van der Waals surface area (Å²) >= 11 is 0. The highest BCUT2D eigenvalue weighted by Gasteiger charge is 2.30. The van der Waals surface area contributed by atoms with Crippen molar-refractivity contribution in [1.29, 1.82) is 0 Å². The lowest BCUT2D eigenvalue weighted by molar-refractivity contribution is -0.161. The average molecular weight is 1350 g/mol. The van der Waals surface area contributed by atoms with Crippen LogP contribution in [0, 0.1) is 5.92 Å². The quantitative estimate of drug-likeness (QED) is 0.0169. The molecule has 17 nitrogen and oxygen atoms in total. The van der Waals surface area contributed by atoms with Crippen LogP contribution in [0.2, 0.25) is 0 Å². The van der Waals surface area contributed by atoms with E-state index in [4.69, 9.17) is 37.0 Å². The Morgan fingerprint density at radius 1 is 0.337 bits per heavy atom. The van der Waals surface area contributed by atoms with Crippen LogP contribution in [0.3, 0.4) is 0 Å². The van der Waals surface area contributed by atoms with Crippen molar-refractivity contribution >= 4 is 39.5 Å². The lowest BCUT2D eigenvalue weighted by Gasteiger charge is -2.21. The highest BCUT2D eigenvalue weighted by molar-refractivity contribution is 7.47. The lowest BCUT2D eigenvalue weighted by Crippen LogP contribution is -2.30. The van der Waals surface area contributed by atoms with E-state index in [9.17, 15) is 43.2 Å². The molecule has 0 saturated carbocycles. The zero-order valence-corrected chi connectivity index (χ0v) is 61.0. The molecule has 0 aromatic carbocycles. The third-order valence-electron chi connectivity index (χ3n) is 16.4. The molecule has 542 valence electrons. The Hall–Kier alpha value is -2.46. The number of ether oxygens (including phenoxy) is 4. The van der Waals surface area contributed by atoms with E-state index in [-0.39, 0.29) is 25.7 Å². The van der Waals surface area contributed by atoms with Gasteiger partial charge in [0.05, 0.1) is 26.4 Å². The Morgan fingerprint density at radius 2 is 0.587 bits per heavy atom. The molecule has 0 amide bonds. The molecule has 0 aliphatic rings. The number of hydrogen-bond acceptors (Lipinski definition) is 15. The number of phosphoric ester groups is 2. The average Bonchev–Trinajstić information content (AvgIpc) is 2.06. The summed E-state index contributed by atoms with van der Waals surface area (Å²) in [5, 5.41) is 10.6. The van der Waals surface area contributed by atoms with E-state index >= 15 is 0 Å². The van der Waals surface area contributed by atoms with Gasteiger partial charge in [-0.25, -0.2) is 9.13 Å². The first-order valence-electron chi connectivity index (χ1n) is 37.5. The molecule has 0 saturated heterocycles. The van der Waals surface area contributed by atoms with E-state index in [0.29, 0.717) is 25.7 Å².